The fraction of sp³-hybridized carbons (Fsp3) is 0.0667. The molecule has 0 atom stereocenters. The van der Waals surface area contributed by atoms with Crippen molar-refractivity contribution in [1.82, 2.24) is 0 Å². The fourth-order valence-electron chi connectivity index (χ4n) is 5.73. The second-order valence-corrected chi connectivity index (χ2v) is 8.88. The van der Waals surface area contributed by atoms with Crippen molar-refractivity contribution in [2.75, 3.05) is 9.80 Å². The third-order valence-corrected chi connectivity index (χ3v) is 7.06. The number of hydrogen-bond acceptors (Lipinski definition) is 2. The molecule has 0 amide bonds. The van der Waals surface area contributed by atoms with Gasteiger partial charge in [-0.3, -0.25) is 0 Å². The van der Waals surface area contributed by atoms with Crippen molar-refractivity contribution in [3.8, 4) is 0 Å². The highest BCUT2D eigenvalue weighted by Crippen LogP contribution is 2.42. The van der Waals surface area contributed by atoms with Gasteiger partial charge in [0, 0.05) is 34.1 Å². The van der Waals surface area contributed by atoms with Gasteiger partial charge in [0.1, 0.15) is 0 Å². The molecule has 0 aromatic heterocycles. The first-order valence-corrected chi connectivity index (χ1v) is 11.7. The number of rotatable bonds is 2. The minimum absolute atomic E-state index is 0.216. The molecule has 156 valence electrons. The summed E-state index contributed by atoms with van der Waals surface area (Å²) in [5.41, 5.74) is 11.7. The van der Waals surface area contributed by atoms with E-state index >= 15 is 0 Å². The summed E-state index contributed by atoms with van der Waals surface area (Å²) in [7, 11) is 0. The van der Waals surface area contributed by atoms with Gasteiger partial charge in [-0.25, -0.2) is 0 Å². The number of benzene rings is 4. The highest BCUT2D eigenvalue weighted by Gasteiger charge is 2.42. The first-order valence-electron chi connectivity index (χ1n) is 11.7. The molecule has 0 radical (unpaired) electrons. The van der Waals surface area contributed by atoms with E-state index < -0.39 is 0 Å². The molecule has 0 spiro atoms. The highest BCUT2D eigenvalue weighted by molar-refractivity contribution is 7.00. The van der Waals surface area contributed by atoms with Crippen LogP contribution < -0.4 is 26.2 Å². The molecule has 7 rings (SSSR count). The van der Waals surface area contributed by atoms with E-state index in [1.54, 1.807) is 0 Å². The molecule has 2 nitrogen and oxygen atoms in total. The molecule has 4 aromatic rings. The zero-order chi connectivity index (χ0) is 21.8. The summed E-state index contributed by atoms with van der Waals surface area (Å²) in [6.45, 7) is 0.216. The van der Waals surface area contributed by atoms with Crippen LogP contribution in [0.4, 0.5) is 28.4 Å². The van der Waals surface area contributed by atoms with Crippen molar-refractivity contribution in [3.05, 3.63) is 121 Å². The zero-order valence-electron chi connectivity index (χ0n) is 18.4. The van der Waals surface area contributed by atoms with Gasteiger partial charge in [-0.2, -0.15) is 0 Å². The van der Waals surface area contributed by atoms with Gasteiger partial charge in [0.2, 0.25) is 0 Å². The van der Waals surface area contributed by atoms with E-state index in [9.17, 15) is 0 Å². The van der Waals surface area contributed by atoms with Crippen LogP contribution in [0.2, 0.25) is 0 Å². The molecule has 0 fully saturated rings. The van der Waals surface area contributed by atoms with E-state index in [1.807, 2.05) is 0 Å². The average Bonchev–Trinajstić information content (AvgIpc) is 2.89. The molecular weight excluding hydrogens is 399 g/mol. The largest absolute Gasteiger partial charge is 0.312 e. The minimum Gasteiger partial charge on any atom is -0.312 e. The molecule has 0 unspecified atom stereocenters. The van der Waals surface area contributed by atoms with Gasteiger partial charge in [-0.15, -0.1) is 0 Å². The maximum Gasteiger partial charge on any atom is 0.252 e. The molecule has 4 aromatic carbocycles. The summed E-state index contributed by atoms with van der Waals surface area (Å²) in [5, 5.41) is 0. The van der Waals surface area contributed by atoms with Crippen molar-refractivity contribution < 1.29 is 0 Å². The maximum atomic E-state index is 2.47. The zero-order valence-corrected chi connectivity index (χ0v) is 18.4. The molecule has 2 aliphatic heterocycles. The van der Waals surface area contributed by atoms with Crippen LogP contribution in [-0.2, 0) is 0 Å². The lowest BCUT2D eigenvalue weighted by molar-refractivity contribution is 0.998. The lowest BCUT2D eigenvalue weighted by Gasteiger charge is -2.44. The maximum absolute atomic E-state index is 2.47. The lowest BCUT2D eigenvalue weighted by atomic mass is 9.33. The Labute approximate surface area is 195 Å². The lowest BCUT2D eigenvalue weighted by Crippen LogP contribution is -2.61. The van der Waals surface area contributed by atoms with E-state index in [1.165, 1.54) is 50.5 Å². The minimum atomic E-state index is 0.216. The molecule has 3 aliphatic rings. The Morgan fingerprint density at radius 2 is 1.15 bits per heavy atom. The molecule has 0 N–H and O–H groups in total. The van der Waals surface area contributed by atoms with E-state index in [2.05, 4.69) is 125 Å². The van der Waals surface area contributed by atoms with Crippen LogP contribution in [0, 0.1) is 0 Å². The van der Waals surface area contributed by atoms with Gasteiger partial charge in [0.05, 0.1) is 0 Å². The Morgan fingerprint density at radius 1 is 0.545 bits per heavy atom. The molecular formula is C30H23BN2. The van der Waals surface area contributed by atoms with Gasteiger partial charge >= 0.3 is 0 Å². The Morgan fingerprint density at radius 3 is 1.85 bits per heavy atom. The van der Waals surface area contributed by atoms with Gasteiger partial charge in [0.25, 0.3) is 6.71 Å². The van der Waals surface area contributed by atoms with Crippen molar-refractivity contribution in [1.29, 1.82) is 0 Å². The van der Waals surface area contributed by atoms with E-state index in [4.69, 9.17) is 0 Å². The van der Waals surface area contributed by atoms with Crippen LogP contribution in [0.15, 0.2) is 121 Å². The Kier molecular flexibility index (Phi) is 4.10. The number of para-hydroxylation sites is 3. The predicted octanol–water partition coefficient (Wildman–Crippen LogP) is 5.67. The molecule has 33 heavy (non-hydrogen) atoms. The third kappa shape index (κ3) is 2.69. The summed E-state index contributed by atoms with van der Waals surface area (Å²) >= 11 is 0. The Balaban J connectivity index is 1.56. The first-order chi connectivity index (χ1) is 16.4. The van der Waals surface area contributed by atoms with E-state index in [-0.39, 0.29) is 6.71 Å². The van der Waals surface area contributed by atoms with Crippen molar-refractivity contribution in [2.24, 2.45) is 0 Å². The quantitative estimate of drug-likeness (QED) is 0.338. The SMILES string of the molecule is C1=CC(N2c3ccccc3B3c4ccccc4N(c4ccccc4)c4cccc2c43)=CCC1. The predicted molar refractivity (Wildman–Crippen MR) is 141 cm³/mol. The summed E-state index contributed by atoms with van der Waals surface area (Å²) in [5.74, 6) is 0. The Hall–Kier alpha value is -3.98. The molecule has 0 bridgehead atoms. The van der Waals surface area contributed by atoms with Gasteiger partial charge < -0.3 is 9.80 Å². The standard InChI is InChI=1S/C30H23BN2/c1-3-12-22(13-4-1)32-26-18-9-7-16-24(26)31-25-17-8-10-19-27(25)33(23-14-5-2-6-15-23)29-21-11-20-28(32)30(29)31/h1,3-5,7-21H,2,6H2. The van der Waals surface area contributed by atoms with Gasteiger partial charge in [0.15, 0.2) is 0 Å². The fourth-order valence-corrected chi connectivity index (χ4v) is 5.73. The number of nitrogens with zero attached hydrogens (tertiary/aromatic N) is 2. The number of fused-ring (bicyclic) bond motifs is 4. The third-order valence-electron chi connectivity index (χ3n) is 7.06. The van der Waals surface area contributed by atoms with Crippen LogP contribution in [0.3, 0.4) is 0 Å². The summed E-state index contributed by atoms with van der Waals surface area (Å²) in [4.78, 5) is 4.90. The van der Waals surface area contributed by atoms with Crippen molar-refractivity contribution in [3.63, 3.8) is 0 Å². The van der Waals surface area contributed by atoms with Crippen molar-refractivity contribution >= 4 is 51.5 Å². The van der Waals surface area contributed by atoms with Gasteiger partial charge in [-0.05, 0) is 71.7 Å². The monoisotopic (exact) mass is 422 g/mol. The number of allylic oxidation sites excluding steroid dienone is 3. The Bertz CT molecular complexity index is 1440. The molecule has 0 saturated carbocycles. The number of hydrogen-bond donors (Lipinski definition) is 0. The van der Waals surface area contributed by atoms with Crippen LogP contribution in [0.25, 0.3) is 0 Å². The van der Waals surface area contributed by atoms with Crippen LogP contribution in [-0.4, -0.2) is 6.71 Å². The van der Waals surface area contributed by atoms with Crippen LogP contribution in [0.5, 0.6) is 0 Å². The normalized spacial score (nSPS) is 15.5. The van der Waals surface area contributed by atoms with Crippen LogP contribution in [0.1, 0.15) is 12.8 Å². The smallest absolute Gasteiger partial charge is 0.252 e. The van der Waals surface area contributed by atoms with Crippen molar-refractivity contribution in [2.45, 2.75) is 12.8 Å². The first kappa shape index (κ1) is 18.6. The summed E-state index contributed by atoms with van der Waals surface area (Å²) < 4.78 is 0. The van der Waals surface area contributed by atoms with Gasteiger partial charge in [-0.1, -0.05) is 72.8 Å². The van der Waals surface area contributed by atoms with E-state index in [0.717, 1.165) is 12.8 Å². The van der Waals surface area contributed by atoms with E-state index in [0.29, 0.717) is 0 Å². The molecule has 3 heteroatoms. The number of anilines is 5. The molecule has 0 saturated heterocycles. The topological polar surface area (TPSA) is 6.48 Å². The summed E-state index contributed by atoms with van der Waals surface area (Å²) in [6.07, 6.45) is 9.16. The average molecular weight is 422 g/mol. The second kappa shape index (κ2) is 7.28. The molecule has 1 aliphatic carbocycles. The highest BCUT2D eigenvalue weighted by atomic mass is 15.2. The van der Waals surface area contributed by atoms with Crippen LogP contribution >= 0.6 is 0 Å². The summed E-state index contributed by atoms with van der Waals surface area (Å²) in [6, 6.07) is 35.4. The molecule has 2 heterocycles. The second-order valence-electron chi connectivity index (χ2n) is 8.88.